The van der Waals surface area contributed by atoms with E-state index in [0.717, 1.165) is 18.4 Å². The molecule has 33 heavy (non-hydrogen) atoms. The number of aryl methyl sites for hydroxylation is 1. The smallest absolute Gasteiger partial charge is 0.345 e. The lowest BCUT2D eigenvalue weighted by Crippen LogP contribution is -2.34. The molecule has 0 bridgehead atoms. The van der Waals surface area contributed by atoms with Crippen LogP contribution in [0, 0.1) is 0 Å². The van der Waals surface area contributed by atoms with Crippen molar-refractivity contribution < 1.29 is 27.7 Å². The summed E-state index contributed by atoms with van der Waals surface area (Å²) in [5, 5.41) is 4.04. The molecular formula is C24H37N2O6P. The van der Waals surface area contributed by atoms with Crippen LogP contribution in [0.2, 0.25) is 0 Å². The molecule has 0 spiro atoms. The molecular weight excluding hydrogens is 443 g/mol. The number of carbonyl (C=O) groups is 1. The summed E-state index contributed by atoms with van der Waals surface area (Å²) in [4.78, 5) is 17.4. The number of unbranched alkanes of at least 4 members (excludes halogenated alkanes) is 2. The Morgan fingerprint density at radius 2 is 1.70 bits per heavy atom. The zero-order valence-electron chi connectivity index (χ0n) is 20.6. The zero-order valence-corrected chi connectivity index (χ0v) is 21.5. The molecule has 0 saturated carbocycles. The Bertz CT molecular complexity index is 910. The van der Waals surface area contributed by atoms with Gasteiger partial charge in [-0.2, -0.15) is 4.98 Å². The molecule has 1 unspecified atom stereocenters. The number of hydrogen-bond donors (Lipinski definition) is 0. The van der Waals surface area contributed by atoms with Gasteiger partial charge in [0, 0.05) is 5.56 Å². The lowest BCUT2D eigenvalue weighted by molar-refractivity contribution is -0.154. The van der Waals surface area contributed by atoms with E-state index in [2.05, 4.69) is 29.2 Å². The summed E-state index contributed by atoms with van der Waals surface area (Å²) in [5.74, 6) is -0.132. The highest BCUT2D eigenvalue weighted by Gasteiger charge is 2.44. The van der Waals surface area contributed by atoms with Crippen LogP contribution in [0.15, 0.2) is 28.8 Å². The average molecular weight is 481 g/mol. The van der Waals surface area contributed by atoms with Gasteiger partial charge in [0.1, 0.15) is 5.60 Å². The number of nitrogens with zero attached hydrogens (tertiary/aromatic N) is 2. The minimum atomic E-state index is -3.82. The van der Waals surface area contributed by atoms with Gasteiger partial charge < -0.3 is 18.3 Å². The maximum atomic E-state index is 13.4. The Morgan fingerprint density at radius 1 is 1.06 bits per heavy atom. The second kappa shape index (κ2) is 12.4. The third-order valence-electron chi connectivity index (χ3n) is 4.80. The highest BCUT2D eigenvalue weighted by molar-refractivity contribution is 7.55. The quantitative estimate of drug-likeness (QED) is 0.196. The molecule has 0 aliphatic heterocycles. The minimum absolute atomic E-state index is 0.117. The molecule has 1 aromatic carbocycles. The average Bonchev–Trinajstić information content (AvgIpc) is 3.20. The van der Waals surface area contributed by atoms with E-state index in [4.69, 9.17) is 18.3 Å². The van der Waals surface area contributed by atoms with Crippen molar-refractivity contribution in [3.05, 3.63) is 35.7 Å². The van der Waals surface area contributed by atoms with Crippen LogP contribution >= 0.6 is 7.60 Å². The monoisotopic (exact) mass is 480 g/mol. The number of aromatic nitrogens is 2. The predicted molar refractivity (Wildman–Crippen MR) is 127 cm³/mol. The first-order valence-corrected chi connectivity index (χ1v) is 13.3. The SMILES string of the molecule is CCCCCc1ccc(-c2noc(CC(C(=O)OC(C)(C)C)P(=O)(OCC)OCC)n2)cc1. The van der Waals surface area contributed by atoms with Crippen LogP contribution in [0.25, 0.3) is 11.4 Å². The third-order valence-corrected chi connectivity index (χ3v) is 7.19. The first kappa shape index (κ1) is 27.2. The van der Waals surface area contributed by atoms with Gasteiger partial charge in [0.2, 0.25) is 11.7 Å². The minimum Gasteiger partial charge on any atom is -0.459 e. The van der Waals surface area contributed by atoms with E-state index in [1.54, 1.807) is 34.6 Å². The lowest BCUT2D eigenvalue weighted by Gasteiger charge is -2.27. The van der Waals surface area contributed by atoms with Crippen LogP contribution in [-0.4, -0.2) is 40.6 Å². The Balaban J connectivity index is 2.23. The van der Waals surface area contributed by atoms with Gasteiger partial charge in [0.15, 0.2) is 5.66 Å². The maximum absolute atomic E-state index is 13.4. The zero-order chi connectivity index (χ0) is 24.5. The van der Waals surface area contributed by atoms with E-state index >= 15 is 0 Å². The highest BCUT2D eigenvalue weighted by Crippen LogP contribution is 2.54. The summed E-state index contributed by atoms with van der Waals surface area (Å²) in [7, 11) is -3.82. The van der Waals surface area contributed by atoms with E-state index in [9.17, 15) is 9.36 Å². The van der Waals surface area contributed by atoms with Crippen molar-refractivity contribution in [2.24, 2.45) is 0 Å². The molecule has 2 rings (SSSR count). The Hall–Kier alpha value is -2.02. The largest absolute Gasteiger partial charge is 0.459 e. The molecule has 184 valence electrons. The Kier molecular flexibility index (Phi) is 10.3. The molecule has 9 heteroatoms. The summed E-state index contributed by atoms with van der Waals surface area (Å²) in [5.41, 5.74) is 0.0780. The van der Waals surface area contributed by atoms with Gasteiger partial charge >= 0.3 is 13.6 Å². The fourth-order valence-corrected chi connectivity index (χ4v) is 5.14. The van der Waals surface area contributed by atoms with Gasteiger partial charge in [-0.25, -0.2) is 0 Å². The van der Waals surface area contributed by atoms with Crippen molar-refractivity contribution in [2.75, 3.05) is 13.2 Å². The predicted octanol–water partition coefficient (Wildman–Crippen LogP) is 5.99. The summed E-state index contributed by atoms with van der Waals surface area (Å²) >= 11 is 0. The van der Waals surface area contributed by atoms with E-state index in [1.165, 1.54) is 18.4 Å². The Labute approximate surface area is 196 Å². The van der Waals surface area contributed by atoms with E-state index in [-0.39, 0.29) is 25.5 Å². The normalized spacial score (nSPS) is 13.2. The van der Waals surface area contributed by atoms with E-state index < -0.39 is 24.8 Å². The van der Waals surface area contributed by atoms with Crippen LogP contribution in [0.3, 0.4) is 0 Å². The van der Waals surface area contributed by atoms with Crippen molar-refractivity contribution >= 4 is 13.6 Å². The number of carbonyl (C=O) groups excluding carboxylic acids is 1. The van der Waals surface area contributed by atoms with Crippen LogP contribution < -0.4 is 0 Å². The number of rotatable bonds is 13. The van der Waals surface area contributed by atoms with Gasteiger partial charge in [-0.1, -0.05) is 49.2 Å². The van der Waals surface area contributed by atoms with Gasteiger partial charge in [-0.3, -0.25) is 9.36 Å². The van der Waals surface area contributed by atoms with Gasteiger partial charge in [-0.05, 0) is 53.0 Å². The molecule has 0 N–H and O–H groups in total. The summed E-state index contributed by atoms with van der Waals surface area (Å²) in [6.45, 7) is 11.0. The Morgan fingerprint density at radius 3 is 2.24 bits per heavy atom. The molecule has 0 amide bonds. The molecule has 0 fully saturated rings. The van der Waals surface area contributed by atoms with Crippen molar-refractivity contribution in [1.29, 1.82) is 0 Å². The van der Waals surface area contributed by atoms with Crippen LogP contribution in [-0.2, 0) is 36.0 Å². The van der Waals surface area contributed by atoms with Crippen LogP contribution in [0.1, 0.15) is 72.3 Å². The number of benzene rings is 1. The van der Waals surface area contributed by atoms with E-state index in [0.29, 0.717) is 5.82 Å². The second-order valence-electron chi connectivity index (χ2n) is 8.79. The number of esters is 1. The van der Waals surface area contributed by atoms with Gasteiger partial charge in [-0.15, -0.1) is 0 Å². The summed E-state index contributed by atoms with van der Waals surface area (Å²) in [6, 6.07) is 8.02. The third kappa shape index (κ3) is 8.36. The van der Waals surface area contributed by atoms with Crippen LogP contribution in [0.5, 0.6) is 0 Å². The van der Waals surface area contributed by atoms with Gasteiger partial charge in [0.05, 0.1) is 19.6 Å². The molecule has 8 nitrogen and oxygen atoms in total. The topological polar surface area (TPSA) is 101 Å². The molecule has 0 radical (unpaired) electrons. The number of ether oxygens (including phenoxy) is 1. The standard InChI is InChI=1S/C24H37N2O6P/c1-7-10-11-12-18-13-15-19(16-14-18)22-25-21(32-26-22)17-20(23(27)31-24(4,5)6)33(28,29-8-2)30-9-3/h13-16,20H,7-12,17H2,1-6H3. The van der Waals surface area contributed by atoms with Crippen LogP contribution in [0.4, 0.5) is 0 Å². The van der Waals surface area contributed by atoms with Crippen molar-refractivity contribution in [2.45, 2.75) is 84.9 Å². The molecule has 0 aliphatic carbocycles. The van der Waals surface area contributed by atoms with Crippen molar-refractivity contribution in [3.63, 3.8) is 0 Å². The van der Waals surface area contributed by atoms with Gasteiger partial charge in [0.25, 0.3) is 0 Å². The molecule has 1 heterocycles. The molecule has 1 aromatic heterocycles. The first-order valence-electron chi connectivity index (χ1n) is 11.6. The van der Waals surface area contributed by atoms with E-state index in [1.807, 2.05) is 12.1 Å². The number of hydrogen-bond acceptors (Lipinski definition) is 8. The second-order valence-corrected chi connectivity index (χ2v) is 11.0. The maximum Gasteiger partial charge on any atom is 0.345 e. The first-order chi connectivity index (χ1) is 15.6. The lowest BCUT2D eigenvalue weighted by atomic mass is 10.1. The molecule has 0 saturated heterocycles. The fourth-order valence-electron chi connectivity index (χ4n) is 3.29. The molecule has 0 aliphatic rings. The summed E-state index contributed by atoms with van der Waals surface area (Å²) in [6.07, 6.45) is 4.48. The molecule has 1 atom stereocenters. The highest BCUT2D eigenvalue weighted by atomic mass is 31.2. The molecule has 2 aromatic rings. The fraction of sp³-hybridized carbons (Fsp3) is 0.625. The summed E-state index contributed by atoms with van der Waals surface area (Å²) < 4.78 is 35.2. The van der Waals surface area contributed by atoms with Crippen molar-refractivity contribution in [3.8, 4) is 11.4 Å². The van der Waals surface area contributed by atoms with Crippen molar-refractivity contribution in [1.82, 2.24) is 10.1 Å².